The lowest BCUT2D eigenvalue weighted by molar-refractivity contribution is 0.0808. The highest BCUT2D eigenvalue weighted by Crippen LogP contribution is 2.23. The number of terminal acetylenes is 1. The largest absolute Gasteiger partial charge is 0.390 e. The number of rotatable bonds is 8. The zero-order valence-electron chi connectivity index (χ0n) is 19.0. The molecule has 0 aliphatic heterocycles. The van der Waals surface area contributed by atoms with Crippen LogP contribution in [0.15, 0.2) is 48.7 Å². The van der Waals surface area contributed by atoms with Gasteiger partial charge >= 0.3 is 0 Å². The van der Waals surface area contributed by atoms with Gasteiger partial charge in [0.15, 0.2) is 0 Å². The molecule has 0 radical (unpaired) electrons. The van der Waals surface area contributed by atoms with Gasteiger partial charge in [0.2, 0.25) is 0 Å². The molecule has 6 nitrogen and oxygen atoms in total. The topological polar surface area (TPSA) is 94.6 Å². The normalized spacial score (nSPS) is 12.7. The molecule has 3 aromatic rings. The van der Waals surface area contributed by atoms with Crippen LogP contribution in [0.2, 0.25) is 0 Å². The molecule has 2 aromatic carbocycles. The summed E-state index contributed by atoms with van der Waals surface area (Å²) < 4.78 is 0. The molecule has 2 unspecified atom stereocenters. The molecule has 0 amide bonds. The van der Waals surface area contributed by atoms with E-state index in [0.717, 1.165) is 35.0 Å². The minimum Gasteiger partial charge on any atom is -0.390 e. The van der Waals surface area contributed by atoms with Gasteiger partial charge in [-0.1, -0.05) is 49.8 Å². The van der Waals surface area contributed by atoms with Crippen molar-refractivity contribution in [2.75, 3.05) is 31.9 Å². The van der Waals surface area contributed by atoms with E-state index in [9.17, 15) is 10.2 Å². The quantitative estimate of drug-likeness (QED) is 0.316. The average Bonchev–Trinajstić information content (AvgIpc) is 2.85. The highest BCUT2D eigenvalue weighted by atomic mass is 16.3. The van der Waals surface area contributed by atoms with Gasteiger partial charge in [-0.25, -0.2) is 4.98 Å². The molecule has 0 saturated heterocycles. The molecule has 5 N–H and O–H groups in total. The third-order valence-electron chi connectivity index (χ3n) is 5.56. The Labute approximate surface area is 195 Å². The second-order valence-electron chi connectivity index (χ2n) is 7.79. The Bertz CT molecular complexity index is 1180. The van der Waals surface area contributed by atoms with Crippen LogP contribution in [0.5, 0.6) is 0 Å². The van der Waals surface area contributed by atoms with Crippen LogP contribution in [0, 0.1) is 24.2 Å². The summed E-state index contributed by atoms with van der Waals surface area (Å²) in [6.45, 7) is 6.74. The number of likely N-dealkylation sites (N-methyl/N-ethyl adjacent to an activating group) is 1. The number of hydrogen-bond donors (Lipinski definition) is 4. The summed E-state index contributed by atoms with van der Waals surface area (Å²) in [7, 11) is 0. The smallest absolute Gasteiger partial charge is 0.139 e. The molecule has 33 heavy (non-hydrogen) atoms. The van der Waals surface area contributed by atoms with Gasteiger partial charge in [-0.15, -0.1) is 6.42 Å². The number of hydrogen-bond acceptors (Lipinski definition) is 6. The summed E-state index contributed by atoms with van der Waals surface area (Å²) in [6, 6.07) is 12.9. The molecular weight excluding hydrogens is 412 g/mol. The number of nitrogens with one attached hydrogen (secondary N) is 1. The number of nitrogen functional groups attached to an aromatic ring is 1. The van der Waals surface area contributed by atoms with Crippen LogP contribution >= 0.6 is 0 Å². The molecule has 0 aliphatic rings. The Kier molecular flexibility index (Phi) is 8.43. The Morgan fingerprint density at radius 1 is 1.06 bits per heavy atom. The predicted octanol–water partition coefficient (Wildman–Crippen LogP) is 2.48. The first-order valence-electron chi connectivity index (χ1n) is 11.0. The van der Waals surface area contributed by atoms with Crippen molar-refractivity contribution in [3.8, 4) is 24.2 Å². The molecule has 0 bridgehead atoms. The van der Waals surface area contributed by atoms with E-state index in [2.05, 4.69) is 46.8 Å². The standard InChI is InChI=1S/C27H30N4O2/c1-4-19-7-13-22-16-29-26(28)24(25(22)15-19)14-10-20-8-11-21(12-9-20)27(33)30-17-23(32)18-31(5-2)6-3/h1,7-9,11-13,15-16,23,27,30,32-33H,5-6,17-18H2,2-3H3,(H2,28,29). The van der Waals surface area contributed by atoms with Crippen molar-refractivity contribution in [1.29, 1.82) is 0 Å². The van der Waals surface area contributed by atoms with Gasteiger partial charge in [0.25, 0.3) is 0 Å². The van der Waals surface area contributed by atoms with Crippen LogP contribution in [0.25, 0.3) is 10.8 Å². The molecule has 170 valence electrons. The maximum absolute atomic E-state index is 10.4. The molecule has 0 fully saturated rings. The van der Waals surface area contributed by atoms with Crippen molar-refractivity contribution in [1.82, 2.24) is 15.2 Å². The van der Waals surface area contributed by atoms with E-state index in [0.29, 0.717) is 30.0 Å². The van der Waals surface area contributed by atoms with E-state index in [4.69, 9.17) is 12.2 Å². The third kappa shape index (κ3) is 6.32. The summed E-state index contributed by atoms with van der Waals surface area (Å²) in [5, 5.41) is 25.3. The average molecular weight is 443 g/mol. The van der Waals surface area contributed by atoms with Crippen molar-refractivity contribution in [2.45, 2.75) is 26.2 Å². The number of fused-ring (bicyclic) bond motifs is 1. The number of nitrogens with two attached hydrogens (primary N) is 1. The van der Waals surface area contributed by atoms with Gasteiger partial charge in [-0.3, -0.25) is 5.32 Å². The SMILES string of the molecule is C#Cc1ccc2cnc(N)c(C#Cc3ccc(C(O)NCC(O)CN(CC)CC)cc3)c2c1. The van der Waals surface area contributed by atoms with E-state index in [-0.39, 0.29) is 0 Å². The van der Waals surface area contributed by atoms with Crippen LogP contribution in [-0.4, -0.2) is 52.4 Å². The molecule has 0 aliphatic carbocycles. The lowest BCUT2D eigenvalue weighted by Gasteiger charge is -2.23. The molecule has 6 heteroatoms. The lowest BCUT2D eigenvalue weighted by Crippen LogP contribution is -2.39. The van der Waals surface area contributed by atoms with Gasteiger partial charge in [-0.05, 0) is 42.9 Å². The van der Waals surface area contributed by atoms with Crippen molar-refractivity contribution >= 4 is 16.6 Å². The second kappa shape index (κ2) is 11.5. The van der Waals surface area contributed by atoms with E-state index in [1.807, 2.05) is 30.3 Å². The Morgan fingerprint density at radius 2 is 1.76 bits per heavy atom. The Morgan fingerprint density at radius 3 is 2.42 bits per heavy atom. The second-order valence-corrected chi connectivity index (χ2v) is 7.79. The summed E-state index contributed by atoms with van der Waals surface area (Å²) in [5.41, 5.74) is 8.94. The molecule has 1 heterocycles. The van der Waals surface area contributed by atoms with Gasteiger partial charge in [0, 0.05) is 41.2 Å². The zero-order valence-corrected chi connectivity index (χ0v) is 19.0. The Balaban J connectivity index is 1.70. The van der Waals surface area contributed by atoms with Crippen molar-refractivity contribution < 1.29 is 10.2 Å². The summed E-state index contributed by atoms with van der Waals surface area (Å²) >= 11 is 0. The van der Waals surface area contributed by atoms with Crippen LogP contribution in [-0.2, 0) is 0 Å². The van der Waals surface area contributed by atoms with Crippen molar-refractivity contribution in [3.05, 3.63) is 70.9 Å². The van der Waals surface area contributed by atoms with Crippen LogP contribution < -0.4 is 11.1 Å². The fourth-order valence-electron chi connectivity index (χ4n) is 3.54. The van der Waals surface area contributed by atoms with E-state index < -0.39 is 12.3 Å². The van der Waals surface area contributed by atoms with Gasteiger partial charge < -0.3 is 20.8 Å². The van der Waals surface area contributed by atoms with Gasteiger partial charge in [0.05, 0.1) is 11.7 Å². The third-order valence-corrected chi connectivity index (χ3v) is 5.56. The first-order valence-corrected chi connectivity index (χ1v) is 11.0. The molecule has 2 atom stereocenters. The van der Waals surface area contributed by atoms with Crippen molar-refractivity contribution in [3.63, 3.8) is 0 Å². The maximum Gasteiger partial charge on any atom is 0.139 e. The number of aliphatic hydroxyl groups is 2. The summed E-state index contributed by atoms with van der Waals surface area (Å²) in [4.78, 5) is 6.37. The maximum atomic E-state index is 10.4. The van der Waals surface area contributed by atoms with E-state index >= 15 is 0 Å². The van der Waals surface area contributed by atoms with Crippen molar-refractivity contribution in [2.24, 2.45) is 0 Å². The zero-order chi connectivity index (χ0) is 23.8. The highest BCUT2D eigenvalue weighted by Gasteiger charge is 2.12. The fraction of sp³-hybridized carbons (Fsp3) is 0.296. The fourth-order valence-corrected chi connectivity index (χ4v) is 3.54. The van der Waals surface area contributed by atoms with Crippen LogP contribution in [0.3, 0.4) is 0 Å². The number of anilines is 1. The molecule has 3 rings (SSSR count). The van der Waals surface area contributed by atoms with E-state index in [1.54, 1.807) is 18.3 Å². The van der Waals surface area contributed by atoms with Gasteiger partial charge in [0.1, 0.15) is 12.0 Å². The van der Waals surface area contributed by atoms with Crippen LogP contribution in [0.1, 0.15) is 42.3 Å². The Hall–Kier alpha value is -3.39. The molecule has 0 saturated carbocycles. The number of pyridine rings is 1. The molecular formula is C27H30N4O2. The lowest BCUT2D eigenvalue weighted by atomic mass is 10.0. The monoisotopic (exact) mass is 442 g/mol. The number of aromatic nitrogens is 1. The first kappa shape index (κ1) is 24.3. The number of nitrogens with zero attached hydrogens (tertiary/aromatic N) is 2. The minimum absolute atomic E-state index is 0.298. The van der Waals surface area contributed by atoms with E-state index in [1.165, 1.54) is 0 Å². The number of benzene rings is 2. The minimum atomic E-state index is -0.876. The molecule has 0 spiro atoms. The number of aliphatic hydroxyl groups excluding tert-OH is 2. The summed E-state index contributed by atoms with van der Waals surface area (Å²) in [5.74, 6) is 9.21. The van der Waals surface area contributed by atoms with Crippen LogP contribution in [0.4, 0.5) is 5.82 Å². The predicted molar refractivity (Wildman–Crippen MR) is 133 cm³/mol. The molecule has 1 aromatic heterocycles. The highest BCUT2D eigenvalue weighted by molar-refractivity contribution is 5.92. The first-order chi connectivity index (χ1) is 15.9. The van der Waals surface area contributed by atoms with Gasteiger partial charge in [-0.2, -0.15) is 0 Å². The summed E-state index contributed by atoms with van der Waals surface area (Å²) in [6.07, 6.45) is 5.80.